The van der Waals surface area contributed by atoms with Crippen molar-refractivity contribution in [3.63, 3.8) is 0 Å². The summed E-state index contributed by atoms with van der Waals surface area (Å²) in [6.45, 7) is 0. The first kappa shape index (κ1) is 5.83. The molecular formula is C9H5N3. The van der Waals surface area contributed by atoms with Gasteiger partial charge in [0, 0.05) is 41.2 Å². The molecule has 0 aliphatic carbocycles. The third kappa shape index (κ3) is 0.580. The molecule has 0 fully saturated rings. The Balaban J connectivity index is 2.57. The van der Waals surface area contributed by atoms with E-state index in [-0.39, 0.29) is 0 Å². The molecule has 3 heteroatoms. The highest BCUT2D eigenvalue weighted by Gasteiger charge is 2.08. The maximum absolute atomic E-state index is 4.19. The first-order valence-electron chi connectivity index (χ1n) is 3.72. The van der Waals surface area contributed by atoms with Gasteiger partial charge in [0.2, 0.25) is 0 Å². The van der Waals surface area contributed by atoms with E-state index < -0.39 is 0 Å². The van der Waals surface area contributed by atoms with Crippen LogP contribution in [0.5, 0.6) is 0 Å². The summed E-state index contributed by atoms with van der Waals surface area (Å²) in [7, 11) is 0. The third-order valence-corrected chi connectivity index (χ3v) is 2.02. The normalized spacial score (nSPS) is 15.3. The van der Waals surface area contributed by atoms with Gasteiger partial charge in [0.15, 0.2) is 5.49 Å². The van der Waals surface area contributed by atoms with E-state index in [0.29, 0.717) is 0 Å². The van der Waals surface area contributed by atoms with Crippen LogP contribution in [0.2, 0.25) is 0 Å². The SMILES string of the molecule is C1=Cc2c3c(cnc2=N1)=CN=C3. The van der Waals surface area contributed by atoms with E-state index in [0.717, 1.165) is 21.8 Å². The fourth-order valence-electron chi connectivity index (χ4n) is 1.43. The molecule has 56 valence electrons. The minimum Gasteiger partial charge on any atom is -0.263 e. The van der Waals surface area contributed by atoms with Gasteiger partial charge in [-0.2, -0.15) is 0 Å². The number of pyridine rings is 1. The summed E-state index contributed by atoms with van der Waals surface area (Å²) in [5, 5.41) is 1.08. The molecule has 12 heavy (non-hydrogen) atoms. The maximum Gasteiger partial charge on any atom is 0.159 e. The van der Waals surface area contributed by atoms with Crippen LogP contribution in [-0.4, -0.2) is 11.2 Å². The maximum atomic E-state index is 4.19. The second-order valence-electron chi connectivity index (χ2n) is 2.72. The minimum absolute atomic E-state index is 0.801. The predicted molar refractivity (Wildman–Crippen MR) is 46.1 cm³/mol. The number of hydrogen-bond donors (Lipinski definition) is 0. The summed E-state index contributed by atoms with van der Waals surface area (Å²) in [4.78, 5) is 12.4. The molecule has 1 aromatic heterocycles. The summed E-state index contributed by atoms with van der Waals surface area (Å²) >= 11 is 0. The van der Waals surface area contributed by atoms with Crippen molar-refractivity contribution in [3.05, 3.63) is 34.2 Å². The van der Waals surface area contributed by atoms with Crippen molar-refractivity contribution in [1.29, 1.82) is 0 Å². The van der Waals surface area contributed by atoms with Gasteiger partial charge in [-0.1, -0.05) is 0 Å². The molecule has 0 unspecified atom stereocenters. The van der Waals surface area contributed by atoms with Crippen molar-refractivity contribution in [2.45, 2.75) is 0 Å². The van der Waals surface area contributed by atoms with Crippen LogP contribution in [0.1, 0.15) is 11.1 Å². The lowest BCUT2D eigenvalue weighted by Crippen LogP contribution is -2.19. The van der Waals surface area contributed by atoms with Gasteiger partial charge in [-0.05, 0) is 6.08 Å². The topological polar surface area (TPSA) is 37.6 Å². The van der Waals surface area contributed by atoms with E-state index in [9.17, 15) is 0 Å². The Bertz CT molecular complexity index is 474. The third-order valence-electron chi connectivity index (χ3n) is 2.02. The Labute approximate surface area is 68.5 Å². The van der Waals surface area contributed by atoms with Crippen LogP contribution in [0.15, 0.2) is 22.4 Å². The molecule has 0 saturated heterocycles. The average Bonchev–Trinajstić information content (AvgIpc) is 2.71. The van der Waals surface area contributed by atoms with Crippen LogP contribution < -0.4 is 10.7 Å². The Morgan fingerprint density at radius 1 is 1.17 bits per heavy atom. The Morgan fingerprint density at radius 2 is 2.17 bits per heavy atom. The Kier molecular flexibility index (Phi) is 0.913. The number of fused-ring (bicyclic) bond motifs is 3. The van der Waals surface area contributed by atoms with Crippen LogP contribution in [0.25, 0.3) is 12.3 Å². The highest BCUT2D eigenvalue weighted by atomic mass is 14.8. The molecule has 2 aliphatic rings. The van der Waals surface area contributed by atoms with Gasteiger partial charge in [-0.15, -0.1) is 0 Å². The summed E-state index contributed by atoms with van der Waals surface area (Å²) in [6, 6.07) is 0. The lowest BCUT2D eigenvalue weighted by atomic mass is 10.1. The van der Waals surface area contributed by atoms with Gasteiger partial charge in [0.05, 0.1) is 0 Å². The molecule has 2 aliphatic heterocycles. The minimum atomic E-state index is 0.801. The molecular weight excluding hydrogens is 150 g/mol. The lowest BCUT2D eigenvalue weighted by Gasteiger charge is -1.93. The van der Waals surface area contributed by atoms with E-state index in [4.69, 9.17) is 0 Å². The fourth-order valence-corrected chi connectivity index (χ4v) is 1.43. The zero-order valence-electron chi connectivity index (χ0n) is 6.23. The summed E-state index contributed by atoms with van der Waals surface area (Å²) < 4.78 is 0. The molecule has 3 rings (SSSR count). The zero-order chi connectivity index (χ0) is 7.97. The average molecular weight is 155 g/mol. The zero-order valence-corrected chi connectivity index (χ0v) is 6.23. The molecule has 0 spiro atoms. The number of hydrogen-bond acceptors (Lipinski definition) is 3. The molecule has 0 N–H and O–H groups in total. The summed E-state index contributed by atoms with van der Waals surface area (Å²) in [5.74, 6) is 0. The van der Waals surface area contributed by atoms with E-state index in [1.165, 1.54) is 0 Å². The quantitative estimate of drug-likeness (QED) is 0.513. The van der Waals surface area contributed by atoms with Gasteiger partial charge in [-0.3, -0.25) is 4.99 Å². The van der Waals surface area contributed by atoms with Crippen LogP contribution in [-0.2, 0) is 0 Å². The highest BCUT2D eigenvalue weighted by Crippen LogP contribution is 2.05. The van der Waals surface area contributed by atoms with Crippen LogP contribution >= 0.6 is 0 Å². The monoisotopic (exact) mass is 155 g/mol. The number of aliphatic imine (C=N–C) groups is 1. The van der Waals surface area contributed by atoms with Gasteiger partial charge < -0.3 is 0 Å². The van der Waals surface area contributed by atoms with Crippen molar-refractivity contribution in [1.82, 2.24) is 4.98 Å². The van der Waals surface area contributed by atoms with Gasteiger partial charge in [0.1, 0.15) is 0 Å². The summed E-state index contributed by atoms with van der Waals surface area (Å²) in [5.41, 5.74) is 3.03. The molecule has 3 heterocycles. The van der Waals surface area contributed by atoms with Gasteiger partial charge in [-0.25, -0.2) is 9.98 Å². The van der Waals surface area contributed by atoms with Crippen molar-refractivity contribution >= 4 is 18.5 Å². The molecule has 0 bridgehead atoms. The smallest absolute Gasteiger partial charge is 0.159 e. The van der Waals surface area contributed by atoms with E-state index >= 15 is 0 Å². The second-order valence-corrected chi connectivity index (χ2v) is 2.72. The largest absolute Gasteiger partial charge is 0.263 e. The van der Waals surface area contributed by atoms with E-state index in [2.05, 4.69) is 15.0 Å². The van der Waals surface area contributed by atoms with Crippen molar-refractivity contribution < 1.29 is 0 Å². The number of nitrogens with zero attached hydrogens (tertiary/aromatic N) is 3. The molecule has 0 saturated carbocycles. The van der Waals surface area contributed by atoms with E-state index in [1.54, 1.807) is 12.4 Å². The predicted octanol–water partition coefficient (Wildman–Crippen LogP) is -0.144. The van der Waals surface area contributed by atoms with Gasteiger partial charge in [0.25, 0.3) is 0 Å². The highest BCUT2D eigenvalue weighted by molar-refractivity contribution is 5.90. The van der Waals surface area contributed by atoms with Crippen molar-refractivity contribution in [2.75, 3.05) is 0 Å². The Hall–Kier alpha value is -1.77. The standard InChI is InChI=1S/C9H5N3/c1-2-11-9-7(1)8-5-10-3-6(8)4-12-9/h1-5H. The molecule has 0 atom stereocenters. The molecule has 0 aromatic carbocycles. The van der Waals surface area contributed by atoms with Gasteiger partial charge >= 0.3 is 0 Å². The second kappa shape index (κ2) is 1.88. The molecule has 0 amide bonds. The van der Waals surface area contributed by atoms with Crippen LogP contribution in [0.3, 0.4) is 0 Å². The molecule has 0 radical (unpaired) electrons. The fraction of sp³-hybridized carbons (Fsp3) is 0. The molecule has 1 aromatic rings. The first-order chi connectivity index (χ1) is 5.95. The van der Waals surface area contributed by atoms with Crippen LogP contribution in [0, 0.1) is 0 Å². The first-order valence-corrected chi connectivity index (χ1v) is 3.72. The van der Waals surface area contributed by atoms with E-state index in [1.807, 2.05) is 18.5 Å². The van der Waals surface area contributed by atoms with Crippen molar-refractivity contribution in [3.8, 4) is 0 Å². The van der Waals surface area contributed by atoms with Crippen molar-refractivity contribution in [2.24, 2.45) is 9.98 Å². The lowest BCUT2D eigenvalue weighted by molar-refractivity contribution is 1.14. The van der Waals surface area contributed by atoms with Crippen LogP contribution in [0.4, 0.5) is 0 Å². The number of rotatable bonds is 0. The molecule has 3 nitrogen and oxygen atoms in total. The summed E-state index contributed by atoms with van der Waals surface area (Å²) in [6.07, 6.45) is 9.20. The number of aromatic nitrogens is 1. The Morgan fingerprint density at radius 3 is 3.17 bits per heavy atom.